The van der Waals surface area contributed by atoms with Gasteiger partial charge in [-0.3, -0.25) is 33.5 Å². The summed E-state index contributed by atoms with van der Waals surface area (Å²) in [5.41, 5.74) is 6.87. The number of ether oxygens (including phenoxy) is 1. The van der Waals surface area contributed by atoms with Crippen molar-refractivity contribution >= 4 is 68.5 Å². The fraction of sp³-hybridized carbons (Fsp3) is 0.370. The van der Waals surface area contributed by atoms with Crippen LogP contribution in [0.5, 0.6) is 0 Å². The number of anilines is 6. The quantitative estimate of drug-likeness (QED) is 0.0116. The Bertz CT molecular complexity index is 2700. The van der Waals surface area contributed by atoms with Gasteiger partial charge in [-0.15, -0.1) is 5.01 Å². The molecule has 0 bridgehead atoms. The summed E-state index contributed by atoms with van der Waals surface area (Å²) in [6, 6.07) is 29.1. The highest BCUT2D eigenvalue weighted by molar-refractivity contribution is 9.10. The van der Waals surface area contributed by atoms with Gasteiger partial charge in [0.25, 0.3) is 5.84 Å². The van der Waals surface area contributed by atoms with Crippen LogP contribution in [-0.2, 0) is 35.5 Å². The van der Waals surface area contributed by atoms with Crippen molar-refractivity contribution in [1.29, 1.82) is 0 Å². The van der Waals surface area contributed by atoms with Crippen molar-refractivity contribution in [3.8, 4) is 0 Å². The van der Waals surface area contributed by atoms with Gasteiger partial charge in [0.05, 0.1) is 13.7 Å². The molecule has 1 amide bonds. The number of hydroxylamine groups is 1. The van der Waals surface area contributed by atoms with Crippen LogP contribution >= 0.6 is 15.9 Å². The van der Waals surface area contributed by atoms with E-state index in [1.165, 1.54) is 5.01 Å². The number of hydrogen-bond donors (Lipinski definition) is 4. The van der Waals surface area contributed by atoms with Crippen LogP contribution in [0.15, 0.2) is 150 Å². The van der Waals surface area contributed by atoms with Crippen molar-refractivity contribution in [3.05, 3.63) is 151 Å². The minimum atomic E-state index is -0.313. The minimum Gasteiger partial charge on any atom is -0.466 e. The van der Waals surface area contributed by atoms with E-state index in [9.17, 15) is 9.59 Å². The van der Waals surface area contributed by atoms with Crippen molar-refractivity contribution in [3.63, 3.8) is 0 Å². The molecular weight excluding hydrogens is 1050 g/mol. The fourth-order valence-electron chi connectivity index (χ4n) is 7.04. The van der Waals surface area contributed by atoms with Gasteiger partial charge >= 0.3 is 5.97 Å². The first kappa shape index (κ1) is 63.2. The zero-order valence-corrected chi connectivity index (χ0v) is 46.3. The SMILES string of the molecule is Brc1ccccn1.CCOC(=O)CCCCCCCN(c1ccccn1)c1ccn(C)n1.CN1[C+]=CC(N)=N1.Cn1ccc(N(CCCCCCCC(=O)NO)c2ccccn2)n1.Cn1ccc(Nc2ccccn2)n1.F. The number of halogens is 2. The van der Waals surface area contributed by atoms with Crippen LogP contribution in [0.25, 0.3) is 0 Å². The van der Waals surface area contributed by atoms with Gasteiger partial charge in [-0.1, -0.05) is 62.8 Å². The highest BCUT2D eigenvalue weighted by Crippen LogP contribution is 2.24. The third-order valence-electron chi connectivity index (χ3n) is 10.7. The lowest BCUT2D eigenvalue weighted by molar-refractivity contribution is -0.143. The van der Waals surface area contributed by atoms with Crippen molar-refractivity contribution in [2.45, 2.75) is 84.0 Å². The predicted octanol–water partition coefficient (Wildman–Crippen LogP) is 9.73. The molecule has 1 aliphatic rings. The van der Waals surface area contributed by atoms with E-state index in [4.69, 9.17) is 15.7 Å². The Kier molecular flexibility index (Phi) is 30.8. The van der Waals surface area contributed by atoms with E-state index >= 15 is 0 Å². The number of esters is 1. The summed E-state index contributed by atoms with van der Waals surface area (Å²) in [5.74, 6) is 5.37. The Balaban J connectivity index is 0.000000275. The Morgan fingerprint density at radius 1 is 0.610 bits per heavy atom. The van der Waals surface area contributed by atoms with Crippen molar-refractivity contribution in [1.82, 2.24) is 59.8 Å². The van der Waals surface area contributed by atoms with Crippen LogP contribution in [0.2, 0.25) is 0 Å². The molecule has 0 fully saturated rings. The first-order valence-electron chi connectivity index (χ1n) is 25.3. The van der Waals surface area contributed by atoms with Gasteiger partial charge in [0.15, 0.2) is 17.5 Å². The molecule has 412 valence electrons. The molecule has 8 rings (SSSR count). The van der Waals surface area contributed by atoms with Crippen LogP contribution in [0, 0.1) is 6.20 Å². The number of amidine groups is 1. The lowest BCUT2D eigenvalue weighted by Crippen LogP contribution is -2.20. The smallest absolute Gasteiger partial charge is 0.305 e. The van der Waals surface area contributed by atoms with Gasteiger partial charge in [0.2, 0.25) is 18.2 Å². The zero-order valence-electron chi connectivity index (χ0n) is 44.7. The average Bonchev–Trinajstić information content (AvgIpc) is 4.26. The molecule has 77 heavy (non-hydrogen) atoms. The average molecular weight is 1120 g/mol. The van der Waals surface area contributed by atoms with Gasteiger partial charge in [-0.2, -0.15) is 15.3 Å². The fourth-order valence-corrected chi connectivity index (χ4v) is 7.31. The lowest BCUT2D eigenvalue weighted by atomic mass is 10.1. The first-order valence-corrected chi connectivity index (χ1v) is 26.1. The number of nitrogens with one attached hydrogen (secondary N) is 2. The number of pyridine rings is 4. The Labute approximate surface area is 459 Å². The molecule has 0 saturated heterocycles. The normalized spacial score (nSPS) is 10.7. The summed E-state index contributed by atoms with van der Waals surface area (Å²) in [7, 11) is 7.48. The molecule has 5 N–H and O–H groups in total. The number of aryl methyl sites for hydroxylation is 3. The van der Waals surface area contributed by atoms with Crippen LogP contribution in [-0.4, -0.2) is 104 Å². The molecule has 1 aliphatic heterocycles. The van der Waals surface area contributed by atoms with Gasteiger partial charge in [0.1, 0.15) is 22.1 Å². The molecule has 0 saturated carbocycles. The first-order chi connectivity index (χ1) is 36.9. The molecule has 21 nitrogen and oxygen atoms in total. The topological polar surface area (TPSA) is 241 Å². The number of hydrazone groups is 1. The van der Waals surface area contributed by atoms with E-state index in [1.807, 2.05) is 138 Å². The van der Waals surface area contributed by atoms with E-state index in [0.29, 0.717) is 25.3 Å². The summed E-state index contributed by atoms with van der Waals surface area (Å²) in [6.45, 7) is 4.04. The van der Waals surface area contributed by atoms with Crippen LogP contribution in [0.4, 0.5) is 39.6 Å². The zero-order chi connectivity index (χ0) is 54.6. The number of aromatic nitrogens is 10. The largest absolute Gasteiger partial charge is 0.466 e. The number of carbonyl (C=O) groups excluding carboxylic acids is 2. The van der Waals surface area contributed by atoms with Gasteiger partial charge < -0.3 is 25.6 Å². The van der Waals surface area contributed by atoms with Crippen LogP contribution in [0.3, 0.4) is 0 Å². The van der Waals surface area contributed by atoms with Crippen LogP contribution in [0.1, 0.15) is 84.0 Å². The highest BCUT2D eigenvalue weighted by Gasteiger charge is 2.14. The number of amides is 1. The number of hydrogen-bond acceptors (Lipinski definition) is 17. The Morgan fingerprint density at radius 2 is 1.10 bits per heavy atom. The van der Waals surface area contributed by atoms with E-state index in [0.717, 1.165) is 117 Å². The molecule has 0 aliphatic carbocycles. The molecule has 0 unspecified atom stereocenters. The Hall–Kier alpha value is -8.14. The van der Waals surface area contributed by atoms with Crippen molar-refractivity contribution in [2.75, 3.05) is 41.9 Å². The second-order valence-electron chi connectivity index (χ2n) is 16.9. The van der Waals surface area contributed by atoms with Crippen LogP contribution < -0.4 is 26.3 Å². The summed E-state index contributed by atoms with van der Waals surface area (Å²) in [6.07, 6.45) is 28.4. The number of nitrogens with zero attached hydrogens (tertiary/aromatic N) is 14. The molecule has 23 heteroatoms. The maximum atomic E-state index is 11.3. The molecule has 0 spiro atoms. The Morgan fingerprint density at radius 3 is 1.48 bits per heavy atom. The van der Waals surface area contributed by atoms with Gasteiger partial charge in [0, 0.05) is 109 Å². The molecule has 7 aromatic heterocycles. The highest BCUT2D eigenvalue weighted by atomic mass is 79.9. The molecule has 0 aromatic carbocycles. The van der Waals surface area contributed by atoms with Gasteiger partial charge in [-0.25, -0.2) is 25.4 Å². The van der Waals surface area contributed by atoms with E-state index in [1.54, 1.807) is 57.4 Å². The number of carbonyl (C=O) groups is 2. The van der Waals surface area contributed by atoms with Crippen molar-refractivity contribution < 1.29 is 24.2 Å². The molecule has 8 heterocycles. The summed E-state index contributed by atoms with van der Waals surface area (Å²) >= 11 is 3.20. The number of rotatable bonds is 23. The third-order valence-corrected chi connectivity index (χ3v) is 11.2. The summed E-state index contributed by atoms with van der Waals surface area (Å²) < 4.78 is 11.2. The third kappa shape index (κ3) is 26.8. The minimum absolute atomic E-state index is 0. The monoisotopic (exact) mass is 1120 g/mol. The predicted molar refractivity (Wildman–Crippen MR) is 303 cm³/mol. The van der Waals surface area contributed by atoms with Gasteiger partial charge in [-0.05, 0) is 102 Å². The van der Waals surface area contributed by atoms with E-state index in [-0.39, 0.29) is 16.6 Å². The second kappa shape index (κ2) is 37.6. The van der Waals surface area contributed by atoms with E-state index < -0.39 is 0 Å². The molecule has 0 atom stereocenters. The number of unbranched alkanes of at least 4 members (excludes halogenated alkanes) is 8. The molecular formula is C54H74BrFN17O4+. The summed E-state index contributed by atoms with van der Waals surface area (Å²) in [5, 5.41) is 30.0. The second-order valence-corrected chi connectivity index (χ2v) is 17.8. The lowest BCUT2D eigenvalue weighted by Gasteiger charge is -2.21. The van der Waals surface area contributed by atoms with E-state index in [2.05, 4.69) is 77.6 Å². The standard InChI is InChI=1S/C19H28N4O2.C17H25N5O2.C9H10N4.C5H4BrN.C4H6N3.FH/c1-3-25-19(24)12-7-5-4-6-10-15-23(17-11-8-9-14-20-17)18-13-16-22(2)21-18;1-21-14-11-16(19-21)22(15-9-6-7-12-18-15)13-8-4-2-3-5-10-17(23)20-24;1-13-7-5-9(12-13)11-8-4-2-3-6-10-8;6-5-3-1-2-4-7-5;1-7-3-2-4(5)6-7;/h8-9,11,13-14,16H,3-7,10,12,15H2,1-2H3;6-7,9,11-12,14,24H,2-5,8,10,13H2,1H3,(H,20,23);2-7H,1H3,(H,10,11,12);1-4H;2H,1H3,(H2,5,6);1H/q;;;;+1;. The molecule has 7 aromatic rings. The number of nitrogens with two attached hydrogens (primary N) is 1. The van der Waals surface area contributed by atoms with Crippen molar-refractivity contribution in [2.24, 2.45) is 32.0 Å². The maximum absolute atomic E-state index is 11.3. The maximum Gasteiger partial charge on any atom is 0.305 e. The molecule has 0 radical (unpaired) electrons. The summed E-state index contributed by atoms with van der Waals surface area (Å²) in [4.78, 5) is 43.4.